The molecule has 2 saturated heterocycles. The van der Waals surface area contributed by atoms with Crippen LogP contribution in [-0.4, -0.2) is 76.6 Å². The molecule has 3 fully saturated rings. The van der Waals surface area contributed by atoms with Gasteiger partial charge in [-0.1, -0.05) is 12.2 Å². The standard InChI is InChI=1S/C24H33N7O3/c1-3-4-18(21(25)33-17-5-6-17)19-15-27-31-10-7-20(28-22(19)31)29-11-13-30(14-12-29)23(32)34-24(2)8-9-26-16-24/h3-4,7,10,15,17,26H,5-6,8-9,11-14,16,25H2,1-2H3/b4-3-,21-18-/t24-/m1/s1. The molecule has 10 heteroatoms. The second-order valence-electron chi connectivity index (χ2n) is 9.43. The van der Waals surface area contributed by atoms with Crippen LogP contribution >= 0.6 is 0 Å². The highest BCUT2D eigenvalue weighted by Gasteiger charge is 2.35. The fourth-order valence-electron chi connectivity index (χ4n) is 4.40. The van der Waals surface area contributed by atoms with E-state index >= 15 is 0 Å². The molecule has 3 aliphatic rings. The largest absolute Gasteiger partial charge is 0.476 e. The van der Waals surface area contributed by atoms with Gasteiger partial charge in [0.2, 0.25) is 0 Å². The van der Waals surface area contributed by atoms with Crippen LogP contribution in [0.2, 0.25) is 0 Å². The number of carbonyl (C=O) groups excluding carboxylic acids is 1. The fraction of sp³-hybridized carbons (Fsp3) is 0.542. The summed E-state index contributed by atoms with van der Waals surface area (Å²) in [7, 11) is 0. The number of rotatable bonds is 6. The molecule has 2 aromatic heterocycles. The third-order valence-electron chi connectivity index (χ3n) is 6.59. The quantitative estimate of drug-likeness (QED) is 0.491. The molecular weight excluding hydrogens is 434 g/mol. The van der Waals surface area contributed by atoms with E-state index in [1.807, 2.05) is 38.3 Å². The van der Waals surface area contributed by atoms with Crippen molar-refractivity contribution in [2.24, 2.45) is 5.73 Å². The number of fused-ring (bicyclic) bond motifs is 1. The summed E-state index contributed by atoms with van der Waals surface area (Å²) >= 11 is 0. The van der Waals surface area contributed by atoms with E-state index in [0.717, 1.165) is 48.4 Å². The van der Waals surface area contributed by atoms with Crippen LogP contribution in [-0.2, 0) is 9.47 Å². The van der Waals surface area contributed by atoms with Gasteiger partial charge in [0.1, 0.15) is 17.5 Å². The molecule has 0 bridgehead atoms. The van der Waals surface area contributed by atoms with Crippen molar-refractivity contribution in [3.05, 3.63) is 42.1 Å². The molecule has 4 heterocycles. The summed E-state index contributed by atoms with van der Waals surface area (Å²) in [6.07, 6.45) is 10.4. The molecule has 10 nitrogen and oxygen atoms in total. The first-order valence-corrected chi connectivity index (χ1v) is 12.0. The van der Waals surface area contributed by atoms with Crippen LogP contribution < -0.4 is 16.0 Å². The number of hydrogen-bond acceptors (Lipinski definition) is 8. The first-order valence-electron chi connectivity index (χ1n) is 12.0. The van der Waals surface area contributed by atoms with E-state index in [4.69, 9.17) is 20.2 Å². The highest BCUT2D eigenvalue weighted by Crippen LogP contribution is 2.30. The van der Waals surface area contributed by atoms with E-state index in [-0.39, 0.29) is 12.2 Å². The predicted octanol–water partition coefficient (Wildman–Crippen LogP) is 2.12. The van der Waals surface area contributed by atoms with E-state index in [1.165, 1.54) is 0 Å². The Morgan fingerprint density at radius 2 is 2.09 bits per heavy atom. The predicted molar refractivity (Wildman–Crippen MR) is 129 cm³/mol. The van der Waals surface area contributed by atoms with Gasteiger partial charge < -0.3 is 30.3 Å². The van der Waals surface area contributed by atoms with Crippen molar-refractivity contribution in [1.82, 2.24) is 24.8 Å². The summed E-state index contributed by atoms with van der Waals surface area (Å²) in [5, 5.41) is 7.72. The molecule has 182 valence electrons. The minimum atomic E-state index is -0.414. The van der Waals surface area contributed by atoms with Gasteiger partial charge in [-0.05, 0) is 39.3 Å². The summed E-state index contributed by atoms with van der Waals surface area (Å²) < 4.78 is 13.4. The molecular formula is C24H33N7O3. The fourth-order valence-corrected chi connectivity index (χ4v) is 4.40. The van der Waals surface area contributed by atoms with Crippen molar-refractivity contribution in [2.75, 3.05) is 44.2 Å². The molecule has 1 atom stereocenters. The number of ether oxygens (including phenoxy) is 2. The number of nitrogens with two attached hydrogens (primary N) is 1. The first-order chi connectivity index (χ1) is 16.5. The number of nitrogens with one attached hydrogen (secondary N) is 1. The Kier molecular flexibility index (Phi) is 6.07. The van der Waals surface area contributed by atoms with Crippen LogP contribution in [0.1, 0.15) is 38.7 Å². The average molecular weight is 468 g/mol. The third-order valence-corrected chi connectivity index (χ3v) is 6.59. The Bertz CT molecular complexity index is 1110. The highest BCUT2D eigenvalue weighted by molar-refractivity contribution is 5.83. The molecule has 0 spiro atoms. The SMILES string of the molecule is C/C=C\C(=C(/N)OC1CC1)c1cnn2ccc(N3CCN(C(=O)O[C@]4(C)CCNC4)CC3)nc12. The van der Waals surface area contributed by atoms with E-state index < -0.39 is 5.60 Å². The molecule has 34 heavy (non-hydrogen) atoms. The van der Waals surface area contributed by atoms with E-state index in [9.17, 15) is 4.79 Å². The maximum absolute atomic E-state index is 12.7. The lowest BCUT2D eigenvalue weighted by atomic mass is 10.1. The summed E-state index contributed by atoms with van der Waals surface area (Å²) in [6, 6.07) is 1.95. The Hall–Kier alpha value is -3.27. The number of amides is 1. The molecule has 1 aliphatic carbocycles. The van der Waals surface area contributed by atoms with Crippen molar-refractivity contribution in [2.45, 2.75) is 44.8 Å². The molecule has 0 radical (unpaired) electrons. The maximum Gasteiger partial charge on any atom is 0.410 e. The van der Waals surface area contributed by atoms with Gasteiger partial charge in [0.15, 0.2) is 11.5 Å². The Morgan fingerprint density at radius 1 is 1.29 bits per heavy atom. The molecule has 0 unspecified atom stereocenters. The number of anilines is 1. The third kappa shape index (κ3) is 4.68. The second-order valence-corrected chi connectivity index (χ2v) is 9.43. The average Bonchev–Trinajstić information content (AvgIpc) is 3.39. The molecule has 1 amide bonds. The van der Waals surface area contributed by atoms with E-state index in [2.05, 4.69) is 15.3 Å². The van der Waals surface area contributed by atoms with Crippen LogP contribution in [0.5, 0.6) is 0 Å². The van der Waals surface area contributed by atoms with Gasteiger partial charge in [-0.3, -0.25) is 0 Å². The lowest BCUT2D eigenvalue weighted by Crippen LogP contribution is -2.51. The minimum Gasteiger partial charge on any atom is -0.476 e. The van der Waals surface area contributed by atoms with Gasteiger partial charge in [0.05, 0.1) is 11.8 Å². The first kappa shape index (κ1) is 22.5. The normalized spacial score (nSPS) is 24.1. The van der Waals surface area contributed by atoms with Crippen molar-refractivity contribution < 1.29 is 14.3 Å². The van der Waals surface area contributed by atoms with Crippen LogP contribution in [0.15, 0.2) is 36.5 Å². The summed E-state index contributed by atoms with van der Waals surface area (Å²) in [5.74, 6) is 1.25. The van der Waals surface area contributed by atoms with Gasteiger partial charge in [-0.25, -0.2) is 14.3 Å². The number of hydrogen-bond donors (Lipinski definition) is 2. The van der Waals surface area contributed by atoms with Crippen molar-refractivity contribution >= 4 is 23.1 Å². The van der Waals surface area contributed by atoms with E-state index in [0.29, 0.717) is 38.6 Å². The zero-order valence-corrected chi connectivity index (χ0v) is 19.9. The molecule has 5 rings (SSSR count). The van der Waals surface area contributed by atoms with Gasteiger partial charge in [0, 0.05) is 50.9 Å². The number of aromatic nitrogens is 3. The van der Waals surface area contributed by atoms with Gasteiger partial charge in [0.25, 0.3) is 0 Å². The summed E-state index contributed by atoms with van der Waals surface area (Å²) in [4.78, 5) is 21.5. The zero-order valence-electron chi connectivity index (χ0n) is 19.9. The highest BCUT2D eigenvalue weighted by atomic mass is 16.6. The Labute approximate surface area is 199 Å². The van der Waals surface area contributed by atoms with Crippen molar-refractivity contribution in [3.63, 3.8) is 0 Å². The molecule has 2 aliphatic heterocycles. The van der Waals surface area contributed by atoms with Crippen molar-refractivity contribution in [1.29, 1.82) is 0 Å². The van der Waals surface area contributed by atoms with Crippen LogP contribution in [0.4, 0.5) is 10.6 Å². The Balaban J connectivity index is 1.31. The van der Waals surface area contributed by atoms with Gasteiger partial charge in [-0.15, -0.1) is 0 Å². The molecule has 1 saturated carbocycles. The smallest absolute Gasteiger partial charge is 0.410 e. The number of piperazine rings is 1. The molecule has 2 aromatic rings. The Morgan fingerprint density at radius 3 is 2.76 bits per heavy atom. The number of carbonyl (C=O) groups is 1. The van der Waals surface area contributed by atoms with E-state index in [1.54, 1.807) is 15.6 Å². The second kappa shape index (κ2) is 9.17. The molecule has 3 N–H and O–H groups in total. The maximum atomic E-state index is 12.7. The minimum absolute atomic E-state index is 0.209. The topological polar surface area (TPSA) is 110 Å². The summed E-state index contributed by atoms with van der Waals surface area (Å²) in [5.41, 5.74) is 8.22. The lowest BCUT2D eigenvalue weighted by Gasteiger charge is -2.36. The molecule has 0 aromatic carbocycles. The lowest BCUT2D eigenvalue weighted by molar-refractivity contribution is 0.0136. The van der Waals surface area contributed by atoms with Gasteiger partial charge >= 0.3 is 6.09 Å². The number of nitrogens with zero attached hydrogens (tertiary/aromatic N) is 5. The van der Waals surface area contributed by atoms with Crippen molar-refractivity contribution in [3.8, 4) is 0 Å². The monoisotopic (exact) mass is 467 g/mol. The number of allylic oxidation sites excluding steroid dienone is 3. The van der Waals surface area contributed by atoms with Gasteiger partial charge in [-0.2, -0.15) is 5.10 Å². The van der Waals surface area contributed by atoms with Crippen LogP contribution in [0, 0.1) is 0 Å². The zero-order chi connectivity index (χ0) is 23.7. The summed E-state index contributed by atoms with van der Waals surface area (Å²) in [6.45, 7) is 8.07. The van der Waals surface area contributed by atoms with Crippen LogP contribution in [0.3, 0.4) is 0 Å². The van der Waals surface area contributed by atoms with Crippen LogP contribution in [0.25, 0.3) is 11.2 Å².